The summed E-state index contributed by atoms with van der Waals surface area (Å²) in [6.45, 7) is 2.83. The van der Waals surface area contributed by atoms with Gasteiger partial charge in [0.15, 0.2) is 0 Å². The van der Waals surface area contributed by atoms with Crippen LogP contribution in [-0.4, -0.2) is 25.5 Å². The van der Waals surface area contributed by atoms with Gasteiger partial charge >= 0.3 is 0 Å². The van der Waals surface area contributed by atoms with Crippen LogP contribution in [0.25, 0.3) is 0 Å². The maximum atomic E-state index is 12.0. The zero-order valence-electron chi connectivity index (χ0n) is 12.0. The maximum absolute atomic E-state index is 12.0. The van der Waals surface area contributed by atoms with E-state index >= 15 is 0 Å². The lowest BCUT2D eigenvalue weighted by Crippen LogP contribution is -2.30. The molecule has 108 valence electrons. The Morgan fingerprint density at radius 1 is 1.05 bits per heavy atom. The van der Waals surface area contributed by atoms with E-state index in [2.05, 4.69) is 34.5 Å². The van der Waals surface area contributed by atoms with Crippen molar-refractivity contribution in [2.45, 2.75) is 6.42 Å². The van der Waals surface area contributed by atoms with Crippen molar-refractivity contribution in [1.82, 2.24) is 5.32 Å². The lowest BCUT2D eigenvalue weighted by molar-refractivity contribution is 0.0948. The lowest BCUT2D eigenvalue weighted by atomic mass is 10.1. The Morgan fingerprint density at radius 2 is 1.71 bits per heavy atom. The topological polar surface area (TPSA) is 32.3 Å². The third-order valence-electron chi connectivity index (χ3n) is 3.99. The summed E-state index contributed by atoms with van der Waals surface area (Å²) in [5, 5.41) is 3.05. The van der Waals surface area contributed by atoms with E-state index in [1.165, 1.54) is 5.69 Å². The summed E-state index contributed by atoms with van der Waals surface area (Å²) in [5.74, 6) is 0.548. The number of benzene rings is 2. The van der Waals surface area contributed by atoms with Gasteiger partial charge in [-0.25, -0.2) is 0 Å². The molecule has 3 nitrogen and oxygen atoms in total. The van der Waals surface area contributed by atoms with E-state index in [-0.39, 0.29) is 5.91 Å². The zero-order valence-corrected chi connectivity index (χ0v) is 12.0. The number of rotatable bonds is 4. The van der Waals surface area contributed by atoms with Gasteiger partial charge in [0.05, 0.1) is 0 Å². The van der Waals surface area contributed by atoms with Crippen LogP contribution in [0.5, 0.6) is 0 Å². The number of anilines is 1. The Kier molecular flexibility index (Phi) is 4.20. The molecule has 0 bridgehead atoms. The molecule has 1 fully saturated rings. The molecule has 1 aliphatic heterocycles. The molecule has 2 aromatic carbocycles. The molecule has 0 aromatic heterocycles. The monoisotopic (exact) mass is 280 g/mol. The van der Waals surface area contributed by atoms with Gasteiger partial charge in [0.25, 0.3) is 5.91 Å². The lowest BCUT2D eigenvalue weighted by Gasteiger charge is -2.18. The van der Waals surface area contributed by atoms with Crippen LogP contribution in [0.2, 0.25) is 0 Å². The number of nitrogens with zero attached hydrogens (tertiary/aromatic N) is 1. The van der Waals surface area contributed by atoms with E-state index in [0.717, 1.165) is 31.6 Å². The maximum Gasteiger partial charge on any atom is 0.251 e. The molecule has 3 heteroatoms. The molecule has 3 rings (SSSR count). The molecule has 1 unspecified atom stereocenters. The standard InChI is InChI=1S/C18H20N2O/c21-18(16-7-3-1-4-8-16)19-13-15-11-12-20(14-15)17-9-5-2-6-10-17/h1-10,15H,11-14H2,(H,19,21). The summed E-state index contributed by atoms with van der Waals surface area (Å²) in [5.41, 5.74) is 2.00. The zero-order chi connectivity index (χ0) is 14.5. The molecule has 2 aromatic rings. The molecule has 1 atom stereocenters. The normalized spacial score (nSPS) is 17.7. The van der Waals surface area contributed by atoms with E-state index in [0.29, 0.717) is 5.92 Å². The molecule has 1 amide bonds. The van der Waals surface area contributed by atoms with Crippen molar-refractivity contribution >= 4 is 11.6 Å². The van der Waals surface area contributed by atoms with Gasteiger partial charge in [-0.15, -0.1) is 0 Å². The number of nitrogens with one attached hydrogen (secondary N) is 1. The summed E-state index contributed by atoms with van der Waals surface area (Å²) in [4.78, 5) is 14.4. The third-order valence-corrected chi connectivity index (χ3v) is 3.99. The average Bonchev–Trinajstić information content (AvgIpc) is 3.03. The van der Waals surface area contributed by atoms with E-state index in [4.69, 9.17) is 0 Å². The number of carbonyl (C=O) groups is 1. The second-order valence-electron chi connectivity index (χ2n) is 5.51. The first-order valence-corrected chi connectivity index (χ1v) is 7.46. The minimum atomic E-state index is 0.0220. The molecular weight excluding hydrogens is 260 g/mol. The molecule has 0 radical (unpaired) electrons. The fraction of sp³-hybridized carbons (Fsp3) is 0.278. The Hall–Kier alpha value is -2.29. The molecule has 1 aliphatic rings. The van der Waals surface area contributed by atoms with Crippen molar-refractivity contribution in [3.05, 3.63) is 66.2 Å². The van der Waals surface area contributed by atoms with Crippen LogP contribution in [0.15, 0.2) is 60.7 Å². The van der Waals surface area contributed by atoms with Crippen molar-refractivity contribution in [3.63, 3.8) is 0 Å². The minimum absolute atomic E-state index is 0.0220. The van der Waals surface area contributed by atoms with Crippen LogP contribution in [0, 0.1) is 5.92 Å². The van der Waals surface area contributed by atoms with Crippen molar-refractivity contribution in [3.8, 4) is 0 Å². The molecule has 0 saturated carbocycles. The first kappa shape index (κ1) is 13.7. The predicted molar refractivity (Wildman–Crippen MR) is 85.5 cm³/mol. The molecule has 1 heterocycles. The number of carbonyl (C=O) groups excluding carboxylic acids is 1. The van der Waals surface area contributed by atoms with Crippen LogP contribution in [0.1, 0.15) is 16.8 Å². The largest absolute Gasteiger partial charge is 0.371 e. The van der Waals surface area contributed by atoms with Crippen molar-refractivity contribution in [2.75, 3.05) is 24.5 Å². The Bertz CT molecular complexity index is 583. The average molecular weight is 280 g/mol. The van der Waals surface area contributed by atoms with Gasteiger partial charge in [-0.1, -0.05) is 36.4 Å². The molecule has 21 heavy (non-hydrogen) atoms. The molecule has 0 spiro atoms. The fourth-order valence-corrected chi connectivity index (χ4v) is 2.80. The number of hydrogen-bond donors (Lipinski definition) is 1. The summed E-state index contributed by atoms with van der Waals surface area (Å²) in [7, 11) is 0. The smallest absolute Gasteiger partial charge is 0.251 e. The van der Waals surface area contributed by atoms with E-state index in [9.17, 15) is 4.79 Å². The summed E-state index contributed by atoms with van der Waals surface area (Å²) >= 11 is 0. The molecule has 1 saturated heterocycles. The van der Waals surface area contributed by atoms with E-state index in [1.807, 2.05) is 36.4 Å². The van der Waals surface area contributed by atoms with Gasteiger partial charge in [0.1, 0.15) is 0 Å². The highest BCUT2D eigenvalue weighted by Crippen LogP contribution is 2.22. The summed E-state index contributed by atoms with van der Waals surface area (Å²) in [6.07, 6.45) is 1.13. The summed E-state index contributed by atoms with van der Waals surface area (Å²) < 4.78 is 0. The van der Waals surface area contributed by atoms with E-state index in [1.54, 1.807) is 0 Å². The van der Waals surface area contributed by atoms with Gasteiger partial charge < -0.3 is 10.2 Å². The van der Waals surface area contributed by atoms with Crippen molar-refractivity contribution in [2.24, 2.45) is 5.92 Å². The minimum Gasteiger partial charge on any atom is -0.371 e. The highest BCUT2D eigenvalue weighted by Gasteiger charge is 2.22. The van der Waals surface area contributed by atoms with E-state index < -0.39 is 0 Å². The number of para-hydroxylation sites is 1. The van der Waals surface area contributed by atoms with Gasteiger partial charge in [-0.3, -0.25) is 4.79 Å². The quantitative estimate of drug-likeness (QED) is 0.934. The van der Waals surface area contributed by atoms with Crippen LogP contribution in [0.3, 0.4) is 0 Å². The van der Waals surface area contributed by atoms with Crippen LogP contribution >= 0.6 is 0 Å². The Balaban J connectivity index is 1.50. The first-order valence-electron chi connectivity index (χ1n) is 7.46. The molecule has 1 N–H and O–H groups in total. The van der Waals surface area contributed by atoms with Crippen LogP contribution in [-0.2, 0) is 0 Å². The second kappa shape index (κ2) is 6.44. The van der Waals surface area contributed by atoms with Gasteiger partial charge in [0.2, 0.25) is 0 Å². The predicted octanol–water partition coefficient (Wildman–Crippen LogP) is 2.94. The van der Waals surface area contributed by atoms with Crippen LogP contribution < -0.4 is 10.2 Å². The molecular formula is C18H20N2O. The second-order valence-corrected chi connectivity index (χ2v) is 5.51. The Labute approximate surface area is 125 Å². The summed E-state index contributed by atoms with van der Waals surface area (Å²) in [6, 6.07) is 19.9. The fourth-order valence-electron chi connectivity index (χ4n) is 2.80. The highest BCUT2D eigenvalue weighted by molar-refractivity contribution is 5.94. The van der Waals surface area contributed by atoms with Gasteiger partial charge in [0, 0.05) is 30.9 Å². The SMILES string of the molecule is O=C(NCC1CCN(c2ccccc2)C1)c1ccccc1. The van der Waals surface area contributed by atoms with Crippen LogP contribution in [0.4, 0.5) is 5.69 Å². The first-order chi connectivity index (χ1) is 10.3. The highest BCUT2D eigenvalue weighted by atomic mass is 16.1. The van der Waals surface area contributed by atoms with Gasteiger partial charge in [-0.2, -0.15) is 0 Å². The number of hydrogen-bond acceptors (Lipinski definition) is 2. The molecule has 0 aliphatic carbocycles. The van der Waals surface area contributed by atoms with Crippen molar-refractivity contribution < 1.29 is 4.79 Å². The number of amides is 1. The third kappa shape index (κ3) is 3.43. The van der Waals surface area contributed by atoms with Gasteiger partial charge in [-0.05, 0) is 36.6 Å². The van der Waals surface area contributed by atoms with Crippen molar-refractivity contribution in [1.29, 1.82) is 0 Å². The Morgan fingerprint density at radius 3 is 2.43 bits per heavy atom.